The number of anilines is 3. The first-order valence-electron chi connectivity index (χ1n) is 19.3. The number of benzene rings is 9. The standard InChI is InChI=1S/C55H39N/c1-5-15-40(16-6-1)42-25-32-48(33-26-42)56(49-34-27-43(28-35-49)41-17-7-2-8-18-41)50-36-29-44(30-37-50)45-31-38-52-51-23-13-14-24-53(51)55(54(52)39-45,46-19-9-3-10-20-46)47-21-11-4-12-22-47/h1-39H. The molecule has 0 N–H and O–H groups in total. The number of hydrogen-bond donors (Lipinski definition) is 0. The van der Waals surface area contributed by atoms with Gasteiger partial charge in [0.25, 0.3) is 0 Å². The fourth-order valence-corrected chi connectivity index (χ4v) is 8.74. The van der Waals surface area contributed by atoms with Crippen LogP contribution in [0.1, 0.15) is 22.3 Å². The van der Waals surface area contributed by atoms with Crippen molar-refractivity contribution < 1.29 is 0 Å². The predicted molar refractivity (Wildman–Crippen MR) is 235 cm³/mol. The lowest BCUT2D eigenvalue weighted by molar-refractivity contribution is 0.769. The van der Waals surface area contributed by atoms with Gasteiger partial charge in [-0.15, -0.1) is 0 Å². The maximum absolute atomic E-state index is 2.44. The van der Waals surface area contributed by atoms with Gasteiger partial charge < -0.3 is 4.90 Å². The molecule has 9 aromatic rings. The van der Waals surface area contributed by atoms with Crippen molar-refractivity contribution in [3.05, 3.63) is 259 Å². The third-order valence-corrected chi connectivity index (χ3v) is 11.4. The van der Waals surface area contributed by atoms with E-state index in [4.69, 9.17) is 0 Å². The monoisotopic (exact) mass is 713 g/mol. The molecule has 9 aromatic carbocycles. The number of rotatable bonds is 8. The van der Waals surface area contributed by atoms with Gasteiger partial charge in [-0.1, -0.05) is 194 Å². The fraction of sp³-hybridized carbons (Fsp3) is 0.0182. The van der Waals surface area contributed by atoms with E-state index >= 15 is 0 Å². The minimum absolute atomic E-state index is 0.432. The van der Waals surface area contributed by atoms with E-state index in [1.165, 1.54) is 66.8 Å². The van der Waals surface area contributed by atoms with Crippen LogP contribution >= 0.6 is 0 Å². The summed E-state index contributed by atoms with van der Waals surface area (Å²) in [5.74, 6) is 0. The third kappa shape index (κ3) is 5.73. The van der Waals surface area contributed by atoms with Crippen LogP contribution in [-0.2, 0) is 5.41 Å². The summed E-state index contributed by atoms with van der Waals surface area (Å²) < 4.78 is 0. The van der Waals surface area contributed by atoms with Crippen molar-refractivity contribution in [2.75, 3.05) is 4.90 Å². The van der Waals surface area contributed by atoms with Crippen LogP contribution in [0.25, 0.3) is 44.5 Å². The van der Waals surface area contributed by atoms with Gasteiger partial charge in [-0.05, 0) is 109 Å². The maximum atomic E-state index is 2.44. The molecule has 1 heteroatoms. The molecule has 0 aromatic heterocycles. The molecule has 0 unspecified atom stereocenters. The lowest BCUT2D eigenvalue weighted by Crippen LogP contribution is -2.28. The minimum Gasteiger partial charge on any atom is -0.311 e. The van der Waals surface area contributed by atoms with Gasteiger partial charge in [0.2, 0.25) is 0 Å². The zero-order valence-corrected chi connectivity index (χ0v) is 31.0. The molecule has 10 rings (SSSR count). The molecule has 1 aliphatic carbocycles. The average molecular weight is 714 g/mol. The Labute approximate surface area is 329 Å². The van der Waals surface area contributed by atoms with Gasteiger partial charge in [-0.25, -0.2) is 0 Å². The highest BCUT2D eigenvalue weighted by molar-refractivity contribution is 5.89. The zero-order chi connectivity index (χ0) is 37.3. The summed E-state index contributed by atoms with van der Waals surface area (Å²) in [6.45, 7) is 0. The molecule has 1 aliphatic rings. The van der Waals surface area contributed by atoms with E-state index in [0.717, 1.165) is 17.1 Å². The molecule has 264 valence electrons. The Morgan fingerprint density at radius 3 is 1.05 bits per heavy atom. The van der Waals surface area contributed by atoms with Gasteiger partial charge >= 0.3 is 0 Å². The van der Waals surface area contributed by atoms with Crippen molar-refractivity contribution in [2.45, 2.75) is 5.41 Å². The second kappa shape index (κ2) is 14.2. The molecule has 0 heterocycles. The molecule has 0 saturated carbocycles. The van der Waals surface area contributed by atoms with Crippen LogP contribution in [0.5, 0.6) is 0 Å². The zero-order valence-electron chi connectivity index (χ0n) is 31.0. The van der Waals surface area contributed by atoms with E-state index in [1.54, 1.807) is 0 Å². The Kier molecular flexibility index (Phi) is 8.46. The second-order valence-electron chi connectivity index (χ2n) is 14.5. The van der Waals surface area contributed by atoms with Crippen LogP contribution < -0.4 is 4.90 Å². The number of hydrogen-bond acceptors (Lipinski definition) is 1. The highest BCUT2D eigenvalue weighted by Gasteiger charge is 2.46. The molecule has 0 bridgehead atoms. The van der Waals surface area contributed by atoms with Crippen LogP contribution in [0.4, 0.5) is 17.1 Å². The summed E-state index contributed by atoms with van der Waals surface area (Å²) in [5.41, 5.74) is 17.9. The number of nitrogens with zero attached hydrogens (tertiary/aromatic N) is 1. The van der Waals surface area contributed by atoms with Crippen molar-refractivity contribution in [3.8, 4) is 44.5 Å². The molecular weight excluding hydrogens is 675 g/mol. The van der Waals surface area contributed by atoms with Gasteiger partial charge in [0.1, 0.15) is 0 Å². The average Bonchev–Trinajstić information content (AvgIpc) is 3.59. The van der Waals surface area contributed by atoms with Crippen molar-refractivity contribution >= 4 is 17.1 Å². The predicted octanol–water partition coefficient (Wildman–Crippen LogP) is 14.5. The topological polar surface area (TPSA) is 3.24 Å². The van der Waals surface area contributed by atoms with Crippen LogP contribution in [0.3, 0.4) is 0 Å². The summed E-state index contributed by atoms with van der Waals surface area (Å²) in [6.07, 6.45) is 0. The van der Waals surface area contributed by atoms with Gasteiger partial charge in [0.05, 0.1) is 5.41 Å². The van der Waals surface area contributed by atoms with Crippen molar-refractivity contribution in [2.24, 2.45) is 0 Å². The summed E-state index contributed by atoms with van der Waals surface area (Å²) in [5, 5.41) is 0. The SMILES string of the molecule is c1ccc(-c2ccc(N(c3ccc(-c4ccccc4)cc3)c3ccc(-c4ccc5c(c4)C(c4ccccc4)(c4ccccc4)c4ccccc4-5)cc3)cc2)cc1. The van der Waals surface area contributed by atoms with Gasteiger partial charge in [-0.2, -0.15) is 0 Å². The highest BCUT2D eigenvalue weighted by atomic mass is 15.1. The first kappa shape index (κ1) is 33.4. The van der Waals surface area contributed by atoms with Crippen LogP contribution in [0.15, 0.2) is 237 Å². The Morgan fingerprint density at radius 1 is 0.250 bits per heavy atom. The molecule has 1 nitrogen and oxygen atoms in total. The lowest BCUT2D eigenvalue weighted by Gasteiger charge is -2.34. The molecule has 0 radical (unpaired) electrons. The molecule has 0 aliphatic heterocycles. The van der Waals surface area contributed by atoms with Crippen LogP contribution in [0, 0.1) is 0 Å². The Balaban J connectivity index is 1.07. The Hall–Kier alpha value is -7.22. The number of fused-ring (bicyclic) bond motifs is 3. The summed E-state index contributed by atoms with van der Waals surface area (Å²) >= 11 is 0. The lowest BCUT2D eigenvalue weighted by atomic mass is 9.67. The van der Waals surface area contributed by atoms with Crippen molar-refractivity contribution in [1.82, 2.24) is 0 Å². The molecule has 0 fully saturated rings. The minimum atomic E-state index is -0.432. The largest absolute Gasteiger partial charge is 0.311 e. The molecule has 56 heavy (non-hydrogen) atoms. The Bertz CT molecular complexity index is 2610. The normalized spacial score (nSPS) is 12.4. The molecule has 0 amide bonds. The first-order valence-corrected chi connectivity index (χ1v) is 19.3. The van der Waals surface area contributed by atoms with E-state index in [-0.39, 0.29) is 0 Å². The highest BCUT2D eigenvalue weighted by Crippen LogP contribution is 2.56. The van der Waals surface area contributed by atoms with Crippen molar-refractivity contribution in [1.29, 1.82) is 0 Å². The molecule has 0 saturated heterocycles. The van der Waals surface area contributed by atoms with E-state index in [2.05, 4.69) is 241 Å². The van der Waals surface area contributed by atoms with E-state index in [0.29, 0.717) is 0 Å². The molecule has 0 atom stereocenters. The first-order chi connectivity index (χ1) is 27.8. The molecule has 0 spiro atoms. The Morgan fingerprint density at radius 2 is 0.589 bits per heavy atom. The van der Waals surface area contributed by atoms with Crippen LogP contribution in [0.2, 0.25) is 0 Å². The molecular formula is C55H39N. The summed E-state index contributed by atoms with van der Waals surface area (Å²) in [4.78, 5) is 2.35. The van der Waals surface area contributed by atoms with Gasteiger partial charge in [0.15, 0.2) is 0 Å². The fourth-order valence-electron chi connectivity index (χ4n) is 8.74. The van der Waals surface area contributed by atoms with E-state index in [9.17, 15) is 0 Å². The second-order valence-corrected chi connectivity index (χ2v) is 14.5. The van der Waals surface area contributed by atoms with E-state index < -0.39 is 5.41 Å². The summed E-state index contributed by atoms with van der Waals surface area (Å²) in [7, 11) is 0. The van der Waals surface area contributed by atoms with E-state index in [1.807, 2.05) is 0 Å². The quantitative estimate of drug-likeness (QED) is 0.152. The van der Waals surface area contributed by atoms with Crippen molar-refractivity contribution in [3.63, 3.8) is 0 Å². The van der Waals surface area contributed by atoms with Crippen LogP contribution in [-0.4, -0.2) is 0 Å². The summed E-state index contributed by atoms with van der Waals surface area (Å²) in [6, 6.07) is 86.0. The maximum Gasteiger partial charge on any atom is 0.0713 e. The van der Waals surface area contributed by atoms with Gasteiger partial charge in [0, 0.05) is 17.1 Å². The third-order valence-electron chi connectivity index (χ3n) is 11.4. The van der Waals surface area contributed by atoms with Gasteiger partial charge in [-0.3, -0.25) is 0 Å². The smallest absolute Gasteiger partial charge is 0.0713 e.